The topological polar surface area (TPSA) is 115 Å². The molecule has 0 aliphatic carbocycles. The first-order valence-corrected chi connectivity index (χ1v) is 10.7. The summed E-state index contributed by atoms with van der Waals surface area (Å²) in [5.41, 5.74) is 3.41. The summed E-state index contributed by atoms with van der Waals surface area (Å²) in [4.78, 5) is 40.8. The summed E-state index contributed by atoms with van der Waals surface area (Å²) in [6, 6.07) is 3.36. The molecule has 2 N–H and O–H groups in total. The number of halogens is 3. The molecule has 3 aromatic rings. The summed E-state index contributed by atoms with van der Waals surface area (Å²) in [5.74, 6) is -6.96. The lowest BCUT2D eigenvalue weighted by atomic mass is 10.1. The normalized spacial score (nSPS) is 11.9. The molecule has 1 aromatic carbocycles. The molecule has 0 aliphatic rings. The van der Waals surface area contributed by atoms with Crippen LogP contribution in [-0.2, 0) is 25.5 Å². The lowest BCUT2D eigenvalue weighted by Crippen LogP contribution is -2.40. The minimum absolute atomic E-state index is 0.0113. The van der Waals surface area contributed by atoms with Crippen LogP contribution in [0.3, 0.4) is 0 Å². The summed E-state index contributed by atoms with van der Waals surface area (Å²) in [6.07, 6.45) is -0.885. The van der Waals surface area contributed by atoms with E-state index in [0.717, 1.165) is 28.7 Å². The molecule has 9 nitrogen and oxygen atoms in total. The number of ether oxygens (including phenoxy) is 1. The van der Waals surface area contributed by atoms with E-state index < -0.39 is 53.6 Å². The number of aryl methyl sites for hydroxylation is 3. The van der Waals surface area contributed by atoms with Gasteiger partial charge in [0.15, 0.2) is 29.2 Å². The summed E-state index contributed by atoms with van der Waals surface area (Å²) < 4.78 is 46.7. The van der Waals surface area contributed by atoms with Gasteiger partial charge in [-0.1, -0.05) is 0 Å². The SMILES string of the molecule is Cc1cc2nc(C)c(CCC(=O)O[C@@H](C)C(=O)NCC(=O)Nc3ccc(F)c(F)c3F)c(C)n2n1. The number of amides is 2. The Bertz CT molecular complexity index is 1310. The molecule has 1 atom stereocenters. The van der Waals surface area contributed by atoms with Crippen LogP contribution in [0.1, 0.15) is 36.0 Å². The Balaban J connectivity index is 1.49. The molecule has 2 heterocycles. The fourth-order valence-corrected chi connectivity index (χ4v) is 3.47. The minimum atomic E-state index is -1.73. The van der Waals surface area contributed by atoms with Gasteiger partial charge in [0, 0.05) is 23.9 Å². The second-order valence-corrected chi connectivity index (χ2v) is 7.94. The molecule has 35 heavy (non-hydrogen) atoms. The number of anilines is 1. The van der Waals surface area contributed by atoms with Gasteiger partial charge in [0.1, 0.15) is 0 Å². The zero-order chi connectivity index (χ0) is 25.9. The van der Waals surface area contributed by atoms with E-state index in [-0.39, 0.29) is 6.42 Å². The van der Waals surface area contributed by atoms with Crippen molar-refractivity contribution in [1.82, 2.24) is 19.9 Å². The van der Waals surface area contributed by atoms with Crippen molar-refractivity contribution in [3.05, 3.63) is 58.3 Å². The van der Waals surface area contributed by atoms with Crippen molar-refractivity contribution in [1.29, 1.82) is 0 Å². The molecule has 12 heteroatoms. The molecule has 0 saturated carbocycles. The Morgan fingerprint density at radius 3 is 2.54 bits per heavy atom. The van der Waals surface area contributed by atoms with Crippen molar-refractivity contribution in [2.75, 3.05) is 11.9 Å². The first-order chi connectivity index (χ1) is 16.5. The average Bonchev–Trinajstić information content (AvgIpc) is 3.17. The smallest absolute Gasteiger partial charge is 0.306 e. The highest BCUT2D eigenvalue weighted by molar-refractivity contribution is 5.95. The molecule has 3 rings (SSSR count). The third-order valence-electron chi connectivity index (χ3n) is 5.28. The highest BCUT2D eigenvalue weighted by Crippen LogP contribution is 2.19. The molecule has 0 aliphatic heterocycles. The molecule has 0 unspecified atom stereocenters. The van der Waals surface area contributed by atoms with Crippen LogP contribution in [0.25, 0.3) is 5.65 Å². The van der Waals surface area contributed by atoms with Gasteiger partial charge in [0.25, 0.3) is 5.91 Å². The summed E-state index contributed by atoms with van der Waals surface area (Å²) >= 11 is 0. The Morgan fingerprint density at radius 2 is 1.83 bits per heavy atom. The van der Waals surface area contributed by atoms with Crippen molar-refractivity contribution in [3.8, 4) is 0 Å². The maximum atomic E-state index is 13.6. The van der Waals surface area contributed by atoms with Crippen LogP contribution in [0.2, 0.25) is 0 Å². The maximum Gasteiger partial charge on any atom is 0.306 e. The molecule has 0 saturated heterocycles. The number of carbonyl (C=O) groups is 3. The highest BCUT2D eigenvalue weighted by atomic mass is 19.2. The van der Waals surface area contributed by atoms with Gasteiger partial charge in [-0.2, -0.15) is 5.10 Å². The molecule has 2 amide bonds. The van der Waals surface area contributed by atoms with E-state index >= 15 is 0 Å². The first-order valence-electron chi connectivity index (χ1n) is 10.7. The average molecular weight is 491 g/mol. The molecular weight excluding hydrogens is 467 g/mol. The third-order valence-corrected chi connectivity index (χ3v) is 5.28. The number of carbonyl (C=O) groups excluding carboxylic acids is 3. The van der Waals surface area contributed by atoms with E-state index in [1.54, 1.807) is 4.52 Å². The number of hydrogen-bond acceptors (Lipinski definition) is 6. The quantitative estimate of drug-likeness (QED) is 0.370. The number of fused-ring (bicyclic) bond motifs is 1. The van der Waals surface area contributed by atoms with Crippen molar-refractivity contribution in [2.45, 2.75) is 46.6 Å². The van der Waals surface area contributed by atoms with Gasteiger partial charge in [0.05, 0.1) is 17.9 Å². The van der Waals surface area contributed by atoms with Crippen LogP contribution in [0.5, 0.6) is 0 Å². The van der Waals surface area contributed by atoms with Crippen molar-refractivity contribution >= 4 is 29.1 Å². The number of benzene rings is 1. The monoisotopic (exact) mass is 491 g/mol. The van der Waals surface area contributed by atoms with E-state index in [9.17, 15) is 27.6 Å². The number of rotatable bonds is 8. The predicted octanol–water partition coefficient (Wildman–Crippen LogP) is 2.69. The van der Waals surface area contributed by atoms with Gasteiger partial charge in [-0.3, -0.25) is 14.4 Å². The lowest BCUT2D eigenvalue weighted by Gasteiger charge is -2.15. The summed E-state index contributed by atoms with van der Waals surface area (Å²) in [5, 5.41) is 8.63. The molecule has 0 bridgehead atoms. The van der Waals surface area contributed by atoms with Crippen LogP contribution in [0.4, 0.5) is 18.9 Å². The second kappa shape index (κ2) is 10.5. The standard InChI is InChI=1S/C23H24F3N5O4/c1-11-9-18-28-12(2)15(13(3)31(18)30-11)5-8-20(33)35-14(4)23(34)27-10-19(32)29-17-7-6-16(24)21(25)22(17)26/h6-7,9,14H,5,8,10H2,1-4H3,(H,27,34)(H,29,32)/t14-/m0/s1. The van der Waals surface area contributed by atoms with Crippen LogP contribution >= 0.6 is 0 Å². The summed E-state index contributed by atoms with van der Waals surface area (Å²) in [7, 11) is 0. The Hall–Kier alpha value is -3.96. The van der Waals surface area contributed by atoms with Crippen LogP contribution in [0, 0.1) is 38.2 Å². The van der Waals surface area contributed by atoms with Gasteiger partial charge >= 0.3 is 5.97 Å². The van der Waals surface area contributed by atoms with Gasteiger partial charge in [-0.15, -0.1) is 0 Å². The van der Waals surface area contributed by atoms with Gasteiger partial charge in [0.2, 0.25) is 5.91 Å². The number of hydrogen-bond donors (Lipinski definition) is 2. The van der Waals surface area contributed by atoms with Gasteiger partial charge in [-0.25, -0.2) is 22.7 Å². The van der Waals surface area contributed by atoms with Crippen LogP contribution in [-0.4, -0.2) is 45.0 Å². The highest BCUT2D eigenvalue weighted by Gasteiger charge is 2.20. The van der Waals surface area contributed by atoms with E-state index in [4.69, 9.17) is 4.74 Å². The zero-order valence-corrected chi connectivity index (χ0v) is 19.5. The van der Waals surface area contributed by atoms with Crippen LogP contribution in [0.15, 0.2) is 18.2 Å². The molecule has 186 valence electrons. The zero-order valence-electron chi connectivity index (χ0n) is 19.5. The first kappa shape index (κ1) is 25.7. The van der Waals surface area contributed by atoms with Crippen molar-refractivity contribution in [3.63, 3.8) is 0 Å². The third kappa shape index (κ3) is 5.94. The lowest BCUT2D eigenvalue weighted by molar-refractivity contribution is -0.154. The van der Waals surface area contributed by atoms with E-state index in [1.807, 2.05) is 32.2 Å². The predicted molar refractivity (Wildman–Crippen MR) is 119 cm³/mol. The molecule has 0 spiro atoms. The fraction of sp³-hybridized carbons (Fsp3) is 0.348. The van der Waals surface area contributed by atoms with Crippen molar-refractivity contribution < 1.29 is 32.3 Å². The Kier molecular flexibility index (Phi) is 7.72. The number of aromatic nitrogens is 3. The molecule has 2 aromatic heterocycles. The van der Waals surface area contributed by atoms with Gasteiger partial charge < -0.3 is 15.4 Å². The van der Waals surface area contributed by atoms with E-state index in [1.165, 1.54) is 6.92 Å². The minimum Gasteiger partial charge on any atom is -0.453 e. The number of esters is 1. The Morgan fingerprint density at radius 1 is 1.11 bits per heavy atom. The number of nitrogens with one attached hydrogen (secondary N) is 2. The largest absolute Gasteiger partial charge is 0.453 e. The van der Waals surface area contributed by atoms with Crippen LogP contribution < -0.4 is 10.6 Å². The number of nitrogens with zero attached hydrogens (tertiary/aromatic N) is 3. The fourth-order valence-electron chi connectivity index (χ4n) is 3.47. The van der Waals surface area contributed by atoms with E-state index in [2.05, 4.69) is 15.4 Å². The van der Waals surface area contributed by atoms with E-state index in [0.29, 0.717) is 18.1 Å². The Labute approximate surface area is 198 Å². The van der Waals surface area contributed by atoms with Gasteiger partial charge in [-0.05, 0) is 51.8 Å². The second-order valence-electron chi connectivity index (χ2n) is 7.94. The molecular formula is C23H24F3N5O4. The maximum absolute atomic E-state index is 13.6. The molecule has 0 radical (unpaired) electrons. The van der Waals surface area contributed by atoms with Crippen molar-refractivity contribution in [2.24, 2.45) is 0 Å². The molecule has 0 fully saturated rings. The summed E-state index contributed by atoms with van der Waals surface area (Å²) in [6.45, 7) is 6.30.